The van der Waals surface area contributed by atoms with Crippen LogP contribution < -0.4 is 5.14 Å². The third kappa shape index (κ3) is 3.65. The van der Waals surface area contributed by atoms with E-state index in [0.29, 0.717) is 10.5 Å². The molecule has 0 spiro atoms. The highest BCUT2D eigenvalue weighted by atomic mass is 32.2. The van der Waals surface area contributed by atoms with Crippen molar-refractivity contribution in [2.45, 2.75) is 24.5 Å². The summed E-state index contributed by atoms with van der Waals surface area (Å²) in [7, 11) is -1.55. The lowest BCUT2D eigenvalue weighted by atomic mass is 10.1. The van der Waals surface area contributed by atoms with Crippen LogP contribution in [0, 0.1) is 0 Å². The molecule has 0 amide bonds. The van der Waals surface area contributed by atoms with Gasteiger partial charge in [-0.15, -0.1) is 0 Å². The molecule has 0 saturated heterocycles. The summed E-state index contributed by atoms with van der Waals surface area (Å²) in [5.41, 5.74) is 0.588. The maximum Gasteiger partial charge on any atom is 0.345 e. The highest BCUT2D eigenvalue weighted by molar-refractivity contribution is 7.82. The molecule has 1 aromatic rings. The van der Waals surface area contributed by atoms with Crippen LogP contribution in [0.15, 0.2) is 29.2 Å². The van der Waals surface area contributed by atoms with E-state index in [1.54, 1.807) is 12.1 Å². The summed E-state index contributed by atoms with van der Waals surface area (Å²) in [5, 5.41) is 5.14. The highest BCUT2D eigenvalue weighted by Crippen LogP contribution is 2.20. The number of alkyl halides is 2. The first-order valence-corrected chi connectivity index (χ1v) is 5.41. The zero-order valence-corrected chi connectivity index (χ0v) is 8.84. The van der Waals surface area contributed by atoms with E-state index >= 15 is 0 Å². The normalized spacial score (nSPS) is 15.3. The van der Waals surface area contributed by atoms with Crippen molar-refractivity contribution >= 4 is 11.0 Å². The fraction of sp³-hybridized carbons (Fsp3) is 0.333. The van der Waals surface area contributed by atoms with Crippen molar-refractivity contribution in [1.29, 1.82) is 0 Å². The van der Waals surface area contributed by atoms with Crippen LogP contribution in [0.5, 0.6) is 0 Å². The van der Waals surface area contributed by atoms with Crippen molar-refractivity contribution in [2.24, 2.45) is 5.14 Å². The number of hydrogen-bond acceptors (Lipinski definition) is 2. The van der Waals surface area contributed by atoms with E-state index < -0.39 is 23.7 Å². The Morgan fingerprint density at radius 3 is 2.27 bits per heavy atom. The topological polar surface area (TPSA) is 52.3 Å². The molecule has 2 unspecified atom stereocenters. The molecule has 15 heavy (non-hydrogen) atoms. The van der Waals surface area contributed by atoms with Crippen molar-refractivity contribution < 1.29 is 17.7 Å². The molecule has 6 heteroatoms. The molecule has 0 bridgehead atoms. The van der Waals surface area contributed by atoms with Gasteiger partial charge in [0.05, 0.1) is 11.0 Å². The number of ether oxygens (including phenoxy) is 1. The van der Waals surface area contributed by atoms with Gasteiger partial charge in [0.1, 0.15) is 11.0 Å². The Morgan fingerprint density at radius 2 is 1.87 bits per heavy atom. The number of hydrogen-bond donors (Lipinski definition) is 1. The van der Waals surface area contributed by atoms with Gasteiger partial charge in [-0.05, 0) is 24.6 Å². The second-order valence-corrected chi connectivity index (χ2v) is 3.97. The first kappa shape index (κ1) is 12.2. The van der Waals surface area contributed by atoms with Crippen LogP contribution in [0.25, 0.3) is 0 Å². The minimum atomic E-state index is -2.80. The minimum Gasteiger partial charge on any atom is -0.315 e. The zero-order valence-electron chi connectivity index (χ0n) is 8.02. The van der Waals surface area contributed by atoms with Crippen LogP contribution in [0.2, 0.25) is 0 Å². The van der Waals surface area contributed by atoms with Gasteiger partial charge in [-0.3, -0.25) is 0 Å². The molecule has 0 radical (unpaired) electrons. The fourth-order valence-electron chi connectivity index (χ4n) is 1.11. The highest BCUT2D eigenvalue weighted by Gasteiger charge is 2.12. The average molecular weight is 235 g/mol. The molecule has 0 aliphatic carbocycles. The Labute approximate surface area is 88.8 Å². The standard InChI is InChI=1S/C9H11F2NO2S/c1-6(14-9(10)11)7-2-4-8(5-3-7)15(12)13/h2-6,9H,12H2,1H3. The Kier molecular flexibility index (Phi) is 4.31. The molecule has 0 aliphatic rings. The van der Waals surface area contributed by atoms with Crippen LogP contribution in [-0.2, 0) is 15.7 Å². The smallest absolute Gasteiger partial charge is 0.315 e. The summed E-state index contributed by atoms with van der Waals surface area (Å²) in [5.74, 6) is 0. The van der Waals surface area contributed by atoms with Crippen LogP contribution in [-0.4, -0.2) is 10.8 Å². The summed E-state index contributed by atoms with van der Waals surface area (Å²) in [4.78, 5) is 0.447. The summed E-state index contributed by atoms with van der Waals surface area (Å²) in [6.45, 7) is -1.29. The lowest BCUT2D eigenvalue weighted by Crippen LogP contribution is -2.06. The number of rotatable bonds is 4. The van der Waals surface area contributed by atoms with E-state index in [0.717, 1.165) is 0 Å². The van der Waals surface area contributed by atoms with Crippen molar-refractivity contribution in [3.05, 3.63) is 29.8 Å². The molecule has 2 atom stereocenters. The Balaban J connectivity index is 2.75. The van der Waals surface area contributed by atoms with Gasteiger partial charge < -0.3 is 4.74 Å². The molecule has 84 valence electrons. The molecule has 1 aromatic carbocycles. The summed E-state index contributed by atoms with van der Waals surface area (Å²) < 4.78 is 38.9. The number of nitrogens with two attached hydrogens (primary N) is 1. The Bertz CT molecular complexity index is 342. The largest absolute Gasteiger partial charge is 0.345 e. The molecule has 0 heterocycles. The summed E-state index contributed by atoms with van der Waals surface area (Å²) in [6.07, 6.45) is -0.703. The van der Waals surface area contributed by atoms with Gasteiger partial charge in [-0.25, -0.2) is 9.35 Å². The minimum absolute atomic E-state index is 0.447. The van der Waals surface area contributed by atoms with Crippen LogP contribution in [0.3, 0.4) is 0 Å². The molecular weight excluding hydrogens is 224 g/mol. The van der Waals surface area contributed by atoms with Gasteiger partial charge in [0.2, 0.25) is 0 Å². The third-order valence-electron chi connectivity index (χ3n) is 1.89. The van der Waals surface area contributed by atoms with Crippen LogP contribution in [0.1, 0.15) is 18.6 Å². The SMILES string of the molecule is CC(OC(F)F)c1ccc(S(N)=O)cc1. The summed E-state index contributed by atoms with van der Waals surface area (Å²) >= 11 is 0. The second kappa shape index (κ2) is 5.29. The zero-order chi connectivity index (χ0) is 11.4. The molecule has 0 fully saturated rings. The predicted octanol–water partition coefficient (Wildman–Crippen LogP) is 1.97. The Hall–Kier alpha value is -0.850. The van der Waals surface area contributed by atoms with E-state index in [2.05, 4.69) is 4.74 Å². The maximum atomic E-state index is 11.9. The molecule has 0 aromatic heterocycles. The van der Waals surface area contributed by atoms with Gasteiger partial charge in [-0.1, -0.05) is 12.1 Å². The monoisotopic (exact) mass is 235 g/mol. The van der Waals surface area contributed by atoms with Gasteiger partial charge in [0, 0.05) is 0 Å². The quantitative estimate of drug-likeness (QED) is 0.867. The lowest BCUT2D eigenvalue weighted by Gasteiger charge is -2.12. The van der Waals surface area contributed by atoms with E-state index in [1.165, 1.54) is 19.1 Å². The average Bonchev–Trinajstić information content (AvgIpc) is 2.17. The van der Waals surface area contributed by atoms with E-state index in [4.69, 9.17) is 5.14 Å². The molecular formula is C9H11F2NO2S. The second-order valence-electron chi connectivity index (χ2n) is 2.91. The Morgan fingerprint density at radius 1 is 1.33 bits per heavy atom. The van der Waals surface area contributed by atoms with E-state index in [-0.39, 0.29) is 0 Å². The molecule has 3 nitrogen and oxygen atoms in total. The van der Waals surface area contributed by atoms with Gasteiger partial charge in [-0.2, -0.15) is 8.78 Å². The first-order chi connectivity index (χ1) is 7.00. The van der Waals surface area contributed by atoms with Crippen molar-refractivity contribution in [1.82, 2.24) is 0 Å². The van der Waals surface area contributed by atoms with E-state index in [9.17, 15) is 13.0 Å². The van der Waals surface area contributed by atoms with Crippen molar-refractivity contribution in [3.63, 3.8) is 0 Å². The molecule has 0 saturated carbocycles. The van der Waals surface area contributed by atoms with Gasteiger partial charge >= 0.3 is 6.61 Å². The van der Waals surface area contributed by atoms with Crippen molar-refractivity contribution in [3.8, 4) is 0 Å². The van der Waals surface area contributed by atoms with Crippen LogP contribution in [0.4, 0.5) is 8.78 Å². The first-order valence-electron chi connectivity index (χ1n) is 4.20. The number of benzene rings is 1. The number of halogens is 2. The van der Waals surface area contributed by atoms with Gasteiger partial charge in [0.15, 0.2) is 0 Å². The van der Waals surface area contributed by atoms with E-state index in [1.807, 2.05) is 0 Å². The fourth-order valence-corrected chi connectivity index (χ4v) is 1.51. The van der Waals surface area contributed by atoms with Crippen molar-refractivity contribution in [2.75, 3.05) is 0 Å². The lowest BCUT2D eigenvalue weighted by molar-refractivity contribution is -0.159. The van der Waals surface area contributed by atoms with Crippen LogP contribution >= 0.6 is 0 Å². The maximum absolute atomic E-state index is 11.9. The molecule has 1 rings (SSSR count). The third-order valence-corrected chi connectivity index (χ3v) is 2.63. The van der Waals surface area contributed by atoms with Gasteiger partial charge in [0.25, 0.3) is 0 Å². The molecule has 2 N–H and O–H groups in total. The molecule has 0 aliphatic heterocycles. The predicted molar refractivity (Wildman–Crippen MR) is 52.5 cm³/mol. The summed E-state index contributed by atoms with van der Waals surface area (Å²) in [6, 6.07) is 6.17.